The van der Waals surface area contributed by atoms with E-state index in [-0.39, 0.29) is 0 Å². The molecule has 0 amide bonds. The Balaban J connectivity index is 1.93. The molecule has 10 heavy (non-hydrogen) atoms. The van der Waals surface area contributed by atoms with Crippen LogP contribution in [-0.2, 0) is 4.74 Å². The summed E-state index contributed by atoms with van der Waals surface area (Å²) >= 11 is 0. The van der Waals surface area contributed by atoms with Gasteiger partial charge < -0.3 is 4.74 Å². The molecule has 0 bridgehead atoms. The maximum absolute atomic E-state index is 5.31. The highest BCUT2D eigenvalue weighted by Crippen LogP contribution is 2.36. The Morgan fingerprint density at radius 3 is 2.90 bits per heavy atom. The molecule has 0 aromatic carbocycles. The fourth-order valence-electron chi connectivity index (χ4n) is 2.18. The highest BCUT2D eigenvalue weighted by Gasteiger charge is 2.28. The summed E-state index contributed by atoms with van der Waals surface area (Å²) in [6.07, 6.45) is 7.01. The topological polar surface area (TPSA) is 9.23 Å². The van der Waals surface area contributed by atoms with E-state index in [1.165, 1.54) is 32.1 Å². The van der Waals surface area contributed by atoms with Crippen LogP contribution in [0.25, 0.3) is 0 Å². The smallest absolute Gasteiger partial charge is 0.0870 e. The number of fused-ring (bicyclic) bond motifs is 1. The van der Waals surface area contributed by atoms with Crippen molar-refractivity contribution >= 4 is 0 Å². The Morgan fingerprint density at radius 1 is 1.10 bits per heavy atom. The Kier molecular flexibility index (Phi) is 1.94. The number of ether oxygens (including phenoxy) is 1. The molecule has 57 valence electrons. The van der Waals surface area contributed by atoms with Gasteiger partial charge in [0, 0.05) is 6.61 Å². The largest absolute Gasteiger partial charge is 0.375 e. The van der Waals surface area contributed by atoms with Gasteiger partial charge in [-0.3, -0.25) is 0 Å². The second-order valence-corrected chi connectivity index (χ2v) is 3.50. The van der Waals surface area contributed by atoms with Crippen molar-refractivity contribution in [3.05, 3.63) is 6.61 Å². The van der Waals surface area contributed by atoms with E-state index in [2.05, 4.69) is 6.61 Å². The van der Waals surface area contributed by atoms with Gasteiger partial charge in [0.2, 0.25) is 0 Å². The monoisotopic (exact) mass is 139 g/mol. The predicted molar refractivity (Wildman–Crippen MR) is 40.3 cm³/mol. The van der Waals surface area contributed by atoms with E-state index >= 15 is 0 Å². The molecule has 2 atom stereocenters. The molecule has 1 heterocycles. The summed E-state index contributed by atoms with van der Waals surface area (Å²) in [6.45, 7) is 3.06. The minimum absolute atomic E-state index is 0.808. The summed E-state index contributed by atoms with van der Waals surface area (Å²) in [5.74, 6) is 1.78. The third-order valence-corrected chi connectivity index (χ3v) is 2.85. The molecule has 1 aliphatic carbocycles. The summed E-state index contributed by atoms with van der Waals surface area (Å²) < 4.78 is 5.31. The van der Waals surface area contributed by atoms with Crippen LogP contribution in [0.1, 0.15) is 32.1 Å². The zero-order valence-corrected chi connectivity index (χ0v) is 6.38. The molecule has 2 rings (SSSR count). The van der Waals surface area contributed by atoms with Gasteiger partial charge in [0.1, 0.15) is 0 Å². The minimum atomic E-state index is 0.808. The zero-order chi connectivity index (χ0) is 6.81. The molecular weight excluding hydrogens is 124 g/mol. The fraction of sp³-hybridized carbons (Fsp3) is 0.889. The van der Waals surface area contributed by atoms with Gasteiger partial charge in [-0.25, -0.2) is 0 Å². The second-order valence-electron chi connectivity index (χ2n) is 3.50. The lowest BCUT2D eigenvalue weighted by molar-refractivity contribution is 0.0507. The summed E-state index contributed by atoms with van der Waals surface area (Å²) in [4.78, 5) is 0. The van der Waals surface area contributed by atoms with E-state index in [0.717, 1.165) is 18.4 Å². The van der Waals surface area contributed by atoms with Crippen LogP contribution in [0.4, 0.5) is 0 Å². The van der Waals surface area contributed by atoms with Gasteiger partial charge in [-0.15, -0.1) is 0 Å². The second kappa shape index (κ2) is 2.91. The van der Waals surface area contributed by atoms with Crippen LogP contribution in [0.5, 0.6) is 0 Å². The average molecular weight is 139 g/mol. The van der Waals surface area contributed by atoms with E-state index < -0.39 is 0 Å². The van der Waals surface area contributed by atoms with Crippen LogP contribution in [0.15, 0.2) is 0 Å². The van der Waals surface area contributed by atoms with Crippen molar-refractivity contribution in [1.29, 1.82) is 0 Å². The Morgan fingerprint density at radius 2 is 2.00 bits per heavy atom. The zero-order valence-electron chi connectivity index (χ0n) is 6.38. The highest BCUT2D eigenvalue weighted by atomic mass is 16.5. The summed E-state index contributed by atoms with van der Waals surface area (Å²) in [6, 6.07) is 0. The molecule has 1 radical (unpaired) electrons. The van der Waals surface area contributed by atoms with Crippen LogP contribution in [0.3, 0.4) is 0 Å². The van der Waals surface area contributed by atoms with E-state index in [9.17, 15) is 0 Å². The molecule has 1 heteroatoms. The van der Waals surface area contributed by atoms with Gasteiger partial charge in [-0.1, -0.05) is 19.3 Å². The van der Waals surface area contributed by atoms with Crippen molar-refractivity contribution in [1.82, 2.24) is 0 Å². The van der Waals surface area contributed by atoms with Gasteiger partial charge in [0.15, 0.2) is 0 Å². The molecule has 0 N–H and O–H groups in total. The molecule has 1 nitrogen and oxygen atoms in total. The molecule has 2 unspecified atom stereocenters. The van der Waals surface area contributed by atoms with Gasteiger partial charge in [0.05, 0.1) is 6.61 Å². The Bertz CT molecular complexity index is 85.3. The van der Waals surface area contributed by atoms with Crippen LogP contribution in [-0.4, -0.2) is 6.61 Å². The Hall–Kier alpha value is -0.0400. The molecule has 0 spiro atoms. The SMILES string of the molecule is [CH]1OCCC2CCCCC12. The van der Waals surface area contributed by atoms with Gasteiger partial charge in [0.25, 0.3) is 0 Å². The first-order valence-electron chi connectivity index (χ1n) is 4.42. The van der Waals surface area contributed by atoms with Crippen LogP contribution < -0.4 is 0 Å². The standard InChI is InChI=1S/C9H15O/c1-2-4-9-7-10-6-5-8(9)3-1/h7-9H,1-6H2. The number of hydrogen-bond acceptors (Lipinski definition) is 1. The lowest BCUT2D eigenvalue weighted by atomic mass is 9.77. The van der Waals surface area contributed by atoms with Crippen molar-refractivity contribution in [2.24, 2.45) is 11.8 Å². The predicted octanol–water partition coefficient (Wildman–Crippen LogP) is 2.37. The molecule has 1 saturated carbocycles. The van der Waals surface area contributed by atoms with Crippen molar-refractivity contribution < 1.29 is 4.74 Å². The molecular formula is C9H15O. The van der Waals surface area contributed by atoms with Gasteiger partial charge in [-0.2, -0.15) is 0 Å². The van der Waals surface area contributed by atoms with Crippen LogP contribution >= 0.6 is 0 Å². The molecule has 2 aliphatic rings. The first kappa shape index (κ1) is 6.66. The van der Waals surface area contributed by atoms with E-state index in [1.807, 2.05) is 0 Å². The molecule has 0 aromatic rings. The van der Waals surface area contributed by atoms with E-state index in [4.69, 9.17) is 4.74 Å². The third kappa shape index (κ3) is 1.20. The molecule has 0 aromatic heterocycles. The lowest BCUT2D eigenvalue weighted by Gasteiger charge is -2.34. The van der Waals surface area contributed by atoms with Gasteiger partial charge in [-0.05, 0) is 24.7 Å². The van der Waals surface area contributed by atoms with Crippen LogP contribution in [0.2, 0.25) is 0 Å². The van der Waals surface area contributed by atoms with Crippen molar-refractivity contribution in [2.45, 2.75) is 32.1 Å². The summed E-state index contributed by atoms with van der Waals surface area (Å²) in [5.41, 5.74) is 0. The van der Waals surface area contributed by atoms with Gasteiger partial charge >= 0.3 is 0 Å². The summed E-state index contributed by atoms with van der Waals surface area (Å²) in [5, 5.41) is 0. The van der Waals surface area contributed by atoms with Crippen molar-refractivity contribution in [2.75, 3.05) is 6.61 Å². The lowest BCUT2D eigenvalue weighted by Crippen LogP contribution is -2.26. The molecule has 1 saturated heterocycles. The molecule has 2 fully saturated rings. The van der Waals surface area contributed by atoms with Crippen molar-refractivity contribution in [3.63, 3.8) is 0 Å². The van der Waals surface area contributed by atoms with E-state index in [0.29, 0.717) is 0 Å². The maximum atomic E-state index is 5.31. The highest BCUT2D eigenvalue weighted by molar-refractivity contribution is 4.83. The number of hydrogen-bond donors (Lipinski definition) is 0. The average Bonchev–Trinajstić information content (AvgIpc) is 2.05. The quantitative estimate of drug-likeness (QED) is 0.500. The minimum Gasteiger partial charge on any atom is -0.375 e. The normalized spacial score (nSPS) is 40.8. The first-order valence-corrected chi connectivity index (χ1v) is 4.42. The number of rotatable bonds is 0. The third-order valence-electron chi connectivity index (χ3n) is 2.85. The Labute approximate surface area is 62.8 Å². The molecule has 1 aliphatic heterocycles. The maximum Gasteiger partial charge on any atom is 0.0870 e. The van der Waals surface area contributed by atoms with E-state index in [1.54, 1.807) is 0 Å². The van der Waals surface area contributed by atoms with Crippen LogP contribution in [0, 0.1) is 18.4 Å². The van der Waals surface area contributed by atoms with Crippen molar-refractivity contribution in [3.8, 4) is 0 Å². The fourth-order valence-corrected chi connectivity index (χ4v) is 2.18. The first-order chi connectivity index (χ1) is 4.97. The summed E-state index contributed by atoms with van der Waals surface area (Å²) in [7, 11) is 0.